The van der Waals surface area contributed by atoms with Gasteiger partial charge in [0.25, 0.3) is 0 Å². The lowest BCUT2D eigenvalue weighted by atomic mass is 9.99. The van der Waals surface area contributed by atoms with Gasteiger partial charge in [0.2, 0.25) is 5.75 Å². The number of benzene rings is 1. The van der Waals surface area contributed by atoms with Crippen molar-refractivity contribution in [2.24, 2.45) is 10.9 Å². The van der Waals surface area contributed by atoms with Gasteiger partial charge < -0.3 is 24.4 Å². The van der Waals surface area contributed by atoms with Gasteiger partial charge in [-0.25, -0.2) is 0 Å². The topological polar surface area (TPSA) is 55.3 Å². The molecule has 0 aromatic heterocycles. The number of ether oxygens (including phenoxy) is 3. The molecule has 0 amide bonds. The lowest BCUT2D eigenvalue weighted by Gasteiger charge is -2.33. The molecule has 1 aliphatic rings. The number of nitrogens with one attached hydrogen (secondary N) is 1. The van der Waals surface area contributed by atoms with Gasteiger partial charge in [-0.05, 0) is 36.5 Å². The standard InChI is InChI=1S/C18H29N3O3/c1-13-6-8-21(9-7-13)18(19-2)20-12-14-10-15(22-3)17(24-5)16(11-14)23-4/h10-11,13H,6-9,12H2,1-5H3,(H,19,20). The Morgan fingerprint density at radius 3 is 2.17 bits per heavy atom. The van der Waals surface area contributed by atoms with Crippen molar-refractivity contribution in [2.45, 2.75) is 26.3 Å². The fourth-order valence-electron chi connectivity index (χ4n) is 2.97. The molecule has 1 aliphatic heterocycles. The maximum Gasteiger partial charge on any atom is 0.203 e. The second-order valence-electron chi connectivity index (χ2n) is 6.10. The molecule has 0 atom stereocenters. The number of likely N-dealkylation sites (tertiary alicyclic amines) is 1. The molecule has 1 aromatic rings. The van der Waals surface area contributed by atoms with E-state index in [4.69, 9.17) is 14.2 Å². The van der Waals surface area contributed by atoms with E-state index in [9.17, 15) is 0 Å². The average Bonchev–Trinajstić information content (AvgIpc) is 2.62. The van der Waals surface area contributed by atoms with Crippen molar-refractivity contribution in [3.05, 3.63) is 17.7 Å². The Bertz CT molecular complexity index is 542. The number of piperidine rings is 1. The maximum atomic E-state index is 5.41. The van der Waals surface area contributed by atoms with Crippen LogP contribution in [-0.4, -0.2) is 52.3 Å². The molecule has 2 rings (SSSR count). The Balaban J connectivity index is 2.07. The second-order valence-corrected chi connectivity index (χ2v) is 6.10. The van der Waals surface area contributed by atoms with E-state index in [0.717, 1.165) is 30.5 Å². The maximum absolute atomic E-state index is 5.41. The zero-order valence-corrected chi connectivity index (χ0v) is 15.4. The van der Waals surface area contributed by atoms with Crippen molar-refractivity contribution in [2.75, 3.05) is 41.5 Å². The first kappa shape index (κ1) is 18.2. The van der Waals surface area contributed by atoms with Crippen LogP contribution in [0, 0.1) is 5.92 Å². The Morgan fingerprint density at radius 1 is 1.12 bits per heavy atom. The second kappa shape index (κ2) is 8.66. The first-order valence-corrected chi connectivity index (χ1v) is 8.37. The summed E-state index contributed by atoms with van der Waals surface area (Å²) in [6, 6.07) is 3.92. The number of nitrogens with zero attached hydrogens (tertiary/aromatic N) is 2. The van der Waals surface area contributed by atoms with Gasteiger partial charge in [0.1, 0.15) is 0 Å². The third-order valence-electron chi connectivity index (χ3n) is 4.47. The van der Waals surface area contributed by atoms with E-state index >= 15 is 0 Å². The largest absolute Gasteiger partial charge is 0.493 e. The molecule has 6 nitrogen and oxygen atoms in total. The third-order valence-corrected chi connectivity index (χ3v) is 4.47. The summed E-state index contributed by atoms with van der Waals surface area (Å²) in [7, 11) is 6.69. The van der Waals surface area contributed by atoms with Gasteiger partial charge in [-0.3, -0.25) is 4.99 Å². The summed E-state index contributed by atoms with van der Waals surface area (Å²) in [6.45, 7) is 5.06. The number of guanidine groups is 1. The molecule has 1 fully saturated rings. The van der Waals surface area contributed by atoms with Crippen LogP contribution in [0.15, 0.2) is 17.1 Å². The lowest BCUT2D eigenvalue weighted by molar-refractivity contribution is 0.273. The Morgan fingerprint density at radius 2 is 1.71 bits per heavy atom. The van der Waals surface area contributed by atoms with Gasteiger partial charge in [0.15, 0.2) is 17.5 Å². The van der Waals surface area contributed by atoms with E-state index in [0.29, 0.717) is 23.8 Å². The van der Waals surface area contributed by atoms with Crippen LogP contribution in [0.1, 0.15) is 25.3 Å². The number of aliphatic imine (C=N–C) groups is 1. The van der Waals surface area contributed by atoms with Crippen LogP contribution in [0.2, 0.25) is 0 Å². The lowest BCUT2D eigenvalue weighted by Crippen LogP contribution is -2.45. The van der Waals surface area contributed by atoms with Crippen LogP contribution in [-0.2, 0) is 6.54 Å². The number of hydrogen-bond acceptors (Lipinski definition) is 4. The number of rotatable bonds is 5. The normalized spacial score (nSPS) is 16.0. The first-order chi connectivity index (χ1) is 11.6. The molecular weight excluding hydrogens is 306 g/mol. The predicted molar refractivity (Wildman–Crippen MR) is 96.3 cm³/mol. The Hall–Kier alpha value is -2.11. The third kappa shape index (κ3) is 4.24. The molecule has 0 bridgehead atoms. The smallest absolute Gasteiger partial charge is 0.203 e. The van der Waals surface area contributed by atoms with E-state index in [2.05, 4.69) is 22.1 Å². The highest BCUT2D eigenvalue weighted by atomic mass is 16.5. The first-order valence-electron chi connectivity index (χ1n) is 8.37. The zero-order chi connectivity index (χ0) is 17.5. The van der Waals surface area contributed by atoms with Gasteiger partial charge in [-0.1, -0.05) is 6.92 Å². The molecular formula is C18H29N3O3. The molecule has 6 heteroatoms. The van der Waals surface area contributed by atoms with Crippen LogP contribution in [0.3, 0.4) is 0 Å². The van der Waals surface area contributed by atoms with E-state index in [1.54, 1.807) is 21.3 Å². The molecule has 0 saturated carbocycles. The van der Waals surface area contributed by atoms with Gasteiger partial charge in [-0.15, -0.1) is 0 Å². The number of hydrogen-bond donors (Lipinski definition) is 1. The highest BCUT2D eigenvalue weighted by Gasteiger charge is 2.19. The van der Waals surface area contributed by atoms with Crippen molar-refractivity contribution in [1.29, 1.82) is 0 Å². The van der Waals surface area contributed by atoms with Crippen LogP contribution in [0.5, 0.6) is 17.2 Å². The summed E-state index contributed by atoms with van der Waals surface area (Å²) in [5, 5.41) is 3.43. The molecule has 1 heterocycles. The molecule has 1 saturated heterocycles. The highest BCUT2D eigenvalue weighted by molar-refractivity contribution is 5.80. The summed E-state index contributed by atoms with van der Waals surface area (Å²) in [6.07, 6.45) is 2.43. The van der Waals surface area contributed by atoms with Crippen molar-refractivity contribution in [3.63, 3.8) is 0 Å². The predicted octanol–water partition coefficient (Wildman–Crippen LogP) is 2.52. The van der Waals surface area contributed by atoms with Gasteiger partial charge in [0.05, 0.1) is 21.3 Å². The molecule has 0 radical (unpaired) electrons. The molecule has 0 aliphatic carbocycles. The van der Waals surface area contributed by atoms with Crippen molar-refractivity contribution in [1.82, 2.24) is 10.2 Å². The quantitative estimate of drug-likeness (QED) is 0.662. The molecule has 134 valence electrons. The zero-order valence-electron chi connectivity index (χ0n) is 15.4. The van der Waals surface area contributed by atoms with Crippen LogP contribution < -0.4 is 19.5 Å². The van der Waals surface area contributed by atoms with Crippen LogP contribution >= 0.6 is 0 Å². The molecule has 0 spiro atoms. The summed E-state index contributed by atoms with van der Waals surface area (Å²) >= 11 is 0. The Kier molecular flexibility index (Phi) is 6.58. The summed E-state index contributed by atoms with van der Waals surface area (Å²) in [5.74, 6) is 3.68. The molecule has 1 aromatic carbocycles. The monoisotopic (exact) mass is 335 g/mol. The van der Waals surface area contributed by atoms with E-state index in [-0.39, 0.29) is 0 Å². The SMILES string of the molecule is CN=C(NCc1cc(OC)c(OC)c(OC)c1)N1CCC(C)CC1. The Labute approximate surface area is 144 Å². The fraction of sp³-hybridized carbons (Fsp3) is 0.611. The van der Waals surface area contributed by atoms with Gasteiger partial charge in [0, 0.05) is 26.7 Å². The van der Waals surface area contributed by atoms with Crippen molar-refractivity contribution in [3.8, 4) is 17.2 Å². The van der Waals surface area contributed by atoms with Crippen LogP contribution in [0.4, 0.5) is 0 Å². The fourth-order valence-corrected chi connectivity index (χ4v) is 2.97. The summed E-state index contributed by atoms with van der Waals surface area (Å²) in [4.78, 5) is 6.73. The van der Waals surface area contributed by atoms with E-state index < -0.39 is 0 Å². The molecule has 24 heavy (non-hydrogen) atoms. The number of methoxy groups -OCH3 is 3. The summed E-state index contributed by atoms with van der Waals surface area (Å²) in [5.41, 5.74) is 1.05. The van der Waals surface area contributed by atoms with Crippen LogP contribution in [0.25, 0.3) is 0 Å². The minimum absolute atomic E-state index is 0.609. The minimum Gasteiger partial charge on any atom is -0.493 e. The molecule has 0 unspecified atom stereocenters. The summed E-state index contributed by atoms with van der Waals surface area (Å²) < 4.78 is 16.2. The van der Waals surface area contributed by atoms with E-state index in [1.807, 2.05) is 19.2 Å². The average molecular weight is 335 g/mol. The van der Waals surface area contributed by atoms with E-state index in [1.165, 1.54) is 12.8 Å². The highest BCUT2D eigenvalue weighted by Crippen LogP contribution is 2.38. The molecule has 1 N–H and O–H groups in total. The van der Waals surface area contributed by atoms with Crippen molar-refractivity contribution < 1.29 is 14.2 Å². The minimum atomic E-state index is 0.609. The van der Waals surface area contributed by atoms with Gasteiger partial charge >= 0.3 is 0 Å². The van der Waals surface area contributed by atoms with Gasteiger partial charge in [-0.2, -0.15) is 0 Å². The van der Waals surface area contributed by atoms with Crippen molar-refractivity contribution >= 4 is 5.96 Å².